The Morgan fingerprint density at radius 2 is 1.79 bits per heavy atom. The first-order valence-electron chi connectivity index (χ1n) is 9.79. The lowest BCUT2D eigenvalue weighted by molar-refractivity contribution is -0.166. The van der Waals surface area contributed by atoms with Gasteiger partial charge in [0, 0.05) is 27.3 Å². The number of fused-ring (bicyclic) bond motifs is 1. The van der Waals surface area contributed by atoms with E-state index in [0.717, 1.165) is 23.0 Å². The molecule has 2 aromatic rings. The van der Waals surface area contributed by atoms with Crippen LogP contribution in [0.15, 0.2) is 22.2 Å². The van der Waals surface area contributed by atoms with Crippen molar-refractivity contribution in [2.45, 2.75) is 51.9 Å². The highest BCUT2D eigenvalue weighted by Gasteiger charge is 2.52. The summed E-state index contributed by atoms with van der Waals surface area (Å²) in [5.41, 5.74) is 3.97. The number of nitrogens with one attached hydrogen (secondary N) is 1. The van der Waals surface area contributed by atoms with Crippen molar-refractivity contribution in [2.24, 2.45) is 0 Å². The van der Waals surface area contributed by atoms with E-state index in [1.54, 1.807) is 0 Å². The highest BCUT2D eigenvalue weighted by Crippen LogP contribution is 2.35. The third kappa shape index (κ3) is 4.64. The van der Waals surface area contributed by atoms with E-state index in [-0.39, 0.29) is 30.3 Å². The summed E-state index contributed by atoms with van der Waals surface area (Å²) in [4.78, 5) is 67.1. The Labute approximate surface area is 185 Å². The molecule has 0 aliphatic carbocycles. The van der Waals surface area contributed by atoms with Gasteiger partial charge in [0.2, 0.25) is 5.95 Å². The van der Waals surface area contributed by atoms with Crippen molar-refractivity contribution < 1.29 is 33.3 Å². The van der Waals surface area contributed by atoms with Crippen LogP contribution < -0.4 is 17.0 Å². The van der Waals surface area contributed by atoms with Crippen molar-refractivity contribution in [1.29, 1.82) is 0 Å². The second-order valence-electron chi connectivity index (χ2n) is 7.19. The number of hydrogen-bond donors (Lipinski definition) is 2. The molecule has 0 saturated carbocycles. The second-order valence-corrected chi connectivity index (χ2v) is 7.19. The number of ether oxygens (including phenoxy) is 4. The number of imidazole rings is 1. The topological polar surface area (TPSA) is 187 Å². The molecule has 4 atom stereocenters. The molecular weight excluding hydrogens is 442 g/mol. The molecule has 2 aromatic heterocycles. The smallest absolute Gasteiger partial charge is 0.333 e. The fourth-order valence-corrected chi connectivity index (χ4v) is 3.63. The summed E-state index contributed by atoms with van der Waals surface area (Å²) in [6.07, 6.45) is -3.68. The maximum absolute atomic E-state index is 13.3. The summed E-state index contributed by atoms with van der Waals surface area (Å²) < 4.78 is 23.6. The molecule has 1 aliphatic rings. The molecule has 14 heteroatoms. The van der Waals surface area contributed by atoms with Gasteiger partial charge in [-0.25, -0.2) is 9.36 Å². The monoisotopic (exact) mass is 465 g/mol. The first-order chi connectivity index (χ1) is 15.5. The van der Waals surface area contributed by atoms with E-state index in [2.05, 4.69) is 16.5 Å². The maximum Gasteiger partial charge on any atom is 0.333 e. The quantitative estimate of drug-likeness (QED) is 0.289. The normalized spacial score (nSPS) is 22.2. The van der Waals surface area contributed by atoms with E-state index in [0.29, 0.717) is 0 Å². The lowest BCUT2D eigenvalue weighted by Gasteiger charge is -2.23. The van der Waals surface area contributed by atoms with Crippen LogP contribution in [0.5, 0.6) is 0 Å². The number of nitrogen functional groups attached to an aromatic ring is 1. The zero-order valence-electron chi connectivity index (χ0n) is 18.1. The molecule has 0 bridgehead atoms. The molecule has 14 nitrogen and oxygen atoms in total. The SMILES string of the molecule is C=CCn1c(=O)n([C@@H]2O[C@H](COC(C)=O)[C@@H](OC(C)=O)[C@H]2OC(C)=O)c2nc(N)[nH]c(=O)c21. The molecule has 0 amide bonds. The van der Waals surface area contributed by atoms with Gasteiger partial charge in [-0.1, -0.05) is 6.08 Å². The van der Waals surface area contributed by atoms with E-state index in [1.165, 1.54) is 13.0 Å². The number of allylic oxidation sites excluding steroid dienone is 1. The van der Waals surface area contributed by atoms with Gasteiger partial charge in [0.05, 0.1) is 0 Å². The van der Waals surface area contributed by atoms with Crippen LogP contribution in [-0.2, 0) is 39.9 Å². The molecular formula is C19H23N5O9. The van der Waals surface area contributed by atoms with E-state index >= 15 is 0 Å². The van der Waals surface area contributed by atoms with Crippen LogP contribution in [0.2, 0.25) is 0 Å². The zero-order chi connectivity index (χ0) is 24.4. The number of nitrogens with zero attached hydrogens (tertiary/aromatic N) is 3. The van der Waals surface area contributed by atoms with Gasteiger partial charge in [-0.2, -0.15) is 4.98 Å². The Morgan fingerprint density at radius 3 is 2.36 bits per heavy atom. The van der Waals surface area contributed by atoms with Crippen LogP contribution in [0.4, 0.5) is 5.95 Å². The van der Waals surface area contributed by atoms with Gasteiger partial charge in [0.15, 0.2) is 29.6 Å². The molecule has 3 N–H and O–H groups in total. The number of carbonyl (C=O) groups is 3. The Morgan fingerprint density at radius 1 is 1.15 bits per heavy atom. The highest BCUT2D eigenvalue weighted by atomic mass is 16.7. The summed E-state index contributed by atoms with van der Waals surface area (Å²) in [7, 11) is 0. The average molecular weight is 465 g/mol. The Hall–Kier alpha value is -3.94. The lowest BCUT2D eigenvalue weighted by Crippen LogP contribution is -2.41. The van der Waals surface area contributed by atoms with Crippen LogP contribution >= 0.6 is 0 Å². The second kappa shape index (κ2) is 9.28. The zero-order valence-corrected chi connectivity index (χ0v) is 18.1. The first kappa shape index (κ1) is 23.7. The molecule has 1 fully saturated rings. The molecule has 3 heterocycles. The van der Waals surface area contributed by atoms with E-state index in [1.807, 2.05) is 0 Å². The third-order valence-electron chi connectivity index (χ3n) is 4.74. The highest BCUT2D eigenvalue weighted by molar-refractivity contribution is 5.72. The fraction of sp³-hybridized carbons (Fsp3) is 0.474. The van der Waals surface area contributed by atoms with Crippen LogP contribution in [0.1, 0.15) is 27.0 Å². The van der Waals surface area contributed by atoms with Crippen molar-refractivity contribution in [3.05, 3.63) is 33.5 Å². The molecule has 0 radical (unpaired) electrons. The van der Waals surface area contributed by atoms with Gasteiger partial charge in [-0.3, -0.25) is 28.7 Å². The number of aromatic nitrogens is 4. The molecule has 3 rings (SSSR count). The molecule has 0 spiro atoms. The summed E-state index contributed by atoms with van der Waals surface area (Å²) in [6, 6.07) is 0. The summed E-state index contributed by atoms with van der Waals surface area (Å²) in [5, 5.41) is 0. The van der Waals surface area contributed by atoms with Crippen molar-refractivity contribution in [2.75, 3.05) is 12.3 Å². The predicted molar refractivity (Wildman–Crippen MR) is 111 cm³/mol. The largest absolute Gasteiger partial charge is 0.463 e. The number of hydrogen-bond acceptors (Lipinski definition) is 11. The Kier molecular flexibility index (Phi) is 6.67. The Bertz CT molecular complexity index is 1230. The fourth-order valence-electron chi connectivity index (χ4n) is 3.63. The van der Waals surface area contributed by atoms with Gasteiger partial charge < -0.3 is 24.7 Å². The number of esters is 3. The van der Waals surface area contributed by atoms with Crippen molar-refractivity contribution in [1.82, 2.24) is 19.1 Å². The van der Waals surface area contributed by atoms with Gasteiger partial charge in [-0.05, 0) is 0 Å². The predicted octanol–water partition coefficient (Wildman–Crippen LogP) is -1.02. The number of aromatic amines is 1. The minimum Gasteiger partial charge on any atom is -0.463 e. The number of rotatable bonds is 7. The molecule has 0 unspecified atom stereocenters. The minimum atomic E-state index is -1.39. The number of carbonyl (C=O) groups excluding carboxylic acids is 3. The Balaban J connectivity index is 2.23. The van der Waals surface area contributed by atoms with Gasteiger partial charge >= 0.3 is 23.6 Å². The van der Waals surface area contributed by atoms with Crippen molar-refractivity contribution in [3.63, 3.8) is 0 Å². The molecule has 1 saturated heterocycles. The molecule has 0 aromatic carbocycles. The third-order valence-corrected chi connectivity index (χ3v) is 4.74. The number of anilines is 1. The van der Waals surface area contributed by atoms with Crippen LogP contribution in [-0.4, -0.2) is 61.9 Å². The maximum atomic E-state index is 13.3. The van der Waals surface area contributed by atoms with Crippen molar-refractivity contribution in [3.8, 4) is 0 Å². The van der Waals surface area contributed by atoms with E-state index in [9.17, 15) is 24.0 Å². The van der Waals surface area contributed by atoms with E-state index < -0.39 is 53.7 Å². The molecule has 178 valence electrons. The lowest BCUT2D eigenvalue weighted by atomic mass is 10.1. The average Bonchev–Trinajstić information content (AvgIpc) is 3.15. The molecule has 33 heavy (non-hydrogen) atoms. The molecule has 1 aliphatic heterocycles. The summed E-state index contributed by atoms with van der Waals surface area (Å²) in [6.45, 7) is 6.58. The van der Waals surface area contributed by atoms with E-state index in [4.69, 9.17) is 24.7 Å². The first-order valence-corrected chi connectivity index (χ1v) is 9.79. The number of H-pyrrole nitrogens is 1. The van der Waals surface area contributed by atoms with Crippen LogP contribution in [0, 0.1) is 0 Å². The van der Waals surface area contributed by atoms with Gasteiger partial charge in [0.25, 0.3) is 5.56 Å². The number of nitrogens with two attached hydrogens (primary N) is 1. The van der Waals surface area contributed by atoms with Crippen molar-refractivity contribution >= 4 is 35.0 Å². The summed E-state index contributed by atoms with van der Waals surface area (Å²) in [5.74, 6) is -2.39. The van der Waals surface area contributed by atoms with Gasteiger partial charge in [0.1, 0.15) is 12.7 Å². The van der Waals surface area contributed by atoms with Gasteiger partial charge in [-0.15, -0.1) is 6.58 Å². The van der Waals surface area contributed by atoms with Crippen LogP contribution in [0.25, 0.3) is 11.2 Å². The minimum absolute atomic E-state index is 0.0494. The van der Waals surface area contributed by atoms with Crippen LogP contribution in [0.3, 0.4) is 0 Å². The summed E-state index contributed by atoms with van der Waals surface area (Å²) >= 11 is 0. The standard InChI is InChI=1S/C19H23N5O9/c1-5-6-23-12-15(21-18(20)22-16(12)28)24(19(23)29)17-14(32-10(4)27)13(31-9(3)26)11(33-17)7-30-8(2)25/h5,11,13-14,17H,1,6-7H2,2-4H3,(H3,20,21,22,28)/t11-,13-,14-,17-/m1/s1.